The molecule has 0 saturated heterocycles. The second-order valence-corrected chi connectivity index (χ2v) is 14.7. The second-order valence-electron chi connectivity index (χ2n) is 14.7. The van der Waals surface area contributed by atoms with Gasteiger partial charge in [-0.15, -0.1) is 0 Å². The molecule has 6 aromatic rings. The van der Waals surface area contributed by atoms with Crippen molar-refractivity contribution in [2.24, 2.45) is 5.73 Å². The summed E-state index contributed by atoms with van der Waals surface area (Å²) in [6.45, 7) is 9.14. The first-order valence-electron chi connectivity index (χ1n) is 19.9. The van der Waals surface area contributed by atoms with E-state index in [1.165, 1.54) is 35.3 Å². The molecule has 2 atom stereocenters. The van der Waals surface area contributed by atoms with E-state index in [-0.39, 0.29) is 77.4 Å². The predicted octanol–water partition coefficient (Wildman–Crippen LogP) is 3.48. The first-order chi connectivity index (χ1) is 30.5. The second kappa shape index (κ2) is 17.4. The highest BCUT2D eigenvalue weighted by molar-refractivity contribution is 6.21. The molecule has 20 nitrogen and oxygen atoms in total. The minimum absolute atomic E-state index is 0.0504. The molecule has 0 saturated carbocycles. The SMILES string of the molecule is CCOC(=O)C1(C)C(=O)Nc2nc(-c3cc(OCC)n(Cc4ccccc4F)n3)nc(N)c21.CCOc1cc(-c2nc(N)c3c(n2)NC(=O)C3(C)C(N)=O)nn1Cc1ccccc1F. The highest BCUT2D eigenvalue weighted by Crippen LogP contribution is 2.43. The smallest absolute Gasteiger partial charge is 0.326 e. The number of amides is 3. The van der Waals surface area contributed by atoms with Gasteiger partial charge in [-0.05, 0) is 46.8 Å². The number of hydrogen-bond acceptors (Lipinski definition) is 15. The Hall–Kier alpha value is -8.04. The Bertz CT molecular complexity index is 2830. The molecule has 2 aliphatic heterocycles. The van der Waals surface area contributed by atoms with Crippen molar-refractivity contribution >= 4 is 47.0 Å². The Morgan fingerprint density at radius 1 is 0.672 bits per heavy atom. The van der Waals surface area contributed by atoms with Gasteiger partial charge in [-0.25, -0.2) is 38.1 Å². The van der Waals surface area contributed by atoms with Crippen LogP contribution >= 0.6 is 0 Å². The number of nitrogens with two attached hydrogens (primary N) is 3. The maximum atomic E-state index is 14.2. The van der Waals surface area contributed by atoms with E-state index in [0.717, 1.165) is 0 Å². The fourth-order valence-corrected chi connectivity index (χ4v) is 7.10. The fraction of sp³-hybridized carbons (Fsp3) is 0.286. The van der Waals surface area contributed by atoms with Crippen LogP contribution in [0.15, 0.2) is 60.7 Å². The number of nitrogens with zero attached hydrogens (tertiary/aromatic N) is 8. The molecule has 2 aliphatic rings. The van der Waals surface area contributed by atoms with Crippen LogP contribution in [0.25, 0.3) is 23.0 Å². The average Bonchev–Trinajstić information content (AvgIpc) is 3.99. The zero-order chi connectivity index (χ0) is 46.1. The van der Waals surface area contributed by atoms with Crippen molar-refractivity contribution in [2.45, 2.75) is 58.5 Å². The van der Waals surface area contributed by atoms with Crippen molar-refractivity contribution in [1.82, 2.24) is 39.5 Å². The van der Waals surface area contributed by atoms with Gasteiger partial charge in [0.1, 0.15) is 46.3 Å². The Kier molecular flexibility index (Phi) is 12.0. The van der Waals surface area contributed by atoms with Crippen molar-refractivity contribution in [3.05, 3.63) is 94.6 Å². The molecule has 2 aromatic carbocycles. The number of carbonyl (C=O) groups excluding carboxylic acids is 4. The molecule has 3 amide bonds. The molecule has 0 radical (unpaired) electrons. The number of primary amides is 1. The van der Waals surface area contributed by atoms with Crippen LogP contribution in [0.1, 0.15) is 56.9 Å². The van der Waals surface area contributed by atoms with Crippen molar-refractivity contribution in [2.75, 3.05) is 41.9 Å². The molecule has 0 spiro atoms. The van der Waals surface area contributed by atoms with E-state index in [1.54, 1.807) is 55.5 Å². The van der Waals surface area contributed by atoms with E-state index in [9.17, 15) is 28.0 Å². The summed E-state index contributed by atoms with van der Waals surface area (Å²) in [5.41, 5.74) is 16.1. The Labute approximate surface area is 363 Å². The number of carbonyl (C=O) groups is 4. The number of halogens is 2. The van der Waals surface area contributed by atoms with Gasteiger partial charge < -0.3 is 42.0 Å². The standard InChI is InChI=1S/C22H23FN6O4.C20H20FN7O3/c1-4-32-15-10-14(28-29(15)11-12-8-6-7-9-13(12)23)18-25-17(24)16-19(26-18)27-20(30)22(16,3)21(31)33-5-2;1-3-31-13-8-12(27-28(13)9-10-6-4-5-7-11(10)21)16-24-15(22)14-17(25-16)26-19(30)20(14,2)18(23)29/h6-10H,4-5,11H2,1-3H3,(H3,24,25,26,27,30);4-8H,3,9H2,1-2H3,(H2,23,29)(H3,22,24,25,26,30). The van der Waals surface area contributed by atoms with Crippen molar-refractivity contribution in [3.63, 3.8) is 0 Å². The molecular weight excluding hydrogens is 837 g/mol. The highest BCUT2D eigenvalue weighted by atomic mass is 19.1. The molecule has 22 heteroatoms. The first-order valence-corrected chi connectivity index (χ1v) is 19.9. The monoisotopic (exact) mass is 879 g/mol. The van der Waals surface area contributed by atoms with E-state index in [1.807, 2.05) is 13.8 Å². The number of anilines is 4. The summed E-state index contributed by atoms with van der Waals surface area (Å²) < 4.78 is 47.6. The summed E-state index contributed by atoms with van der Waals surface area (Å²) in [6.07, 6.45) is 0. The van der Waals surface area contributed by atoms with Crippen LogP contribution < -0.4 is 37.3 Å². The van der Waals surface area contributed by atoms with Gasteiger partial charge in [-0.3, -0.25) is 19.2 Å². The van der Waals surface area contributed by atoms with Crippen LogP contribution in [0.4, 0.5) is 32.1 Å². The molecule has 332 valence electrons. The maximum absolute atomic E-state index is 14.2. The summed E-state index contributed by atoms with van der Waals surface area (Å²) in [4.78, 5) is 66.6. The van der Waals surface area contributed by atoms with Crippen LogP contribution in [0.2, 0.25) is 0 Å². The molecular formula is C42H43F2N13O7. The van der Waals surface area contributed by atoms with Gasteiger partial charge in [0.2, 0.25) is 29.5 Å². The number of fused-ring (bicyclic) bond motifs is 2. The Morgan fingerprint density at radius 3 is 1.50 bits per heavy atom. The molecule has 0 fully saturated rings. The lowest BCUT2D eigenvalue weighted by Crippen LogP contribution is -2.44. The maximum Gasteiger partial charge on any atom is 0.326 e. The summed E-state index contributed by atoms with van der Waals surface area (Å²) in [6, 6.07) is 15.9. The van der Waals surface area contributed by atoms with Gasteiger partial charge in [-0.1, -0.05) is 36.4 Å². The number of hydrogen-bond donors (Lipinski definition) is 5. The van der Waals surface area contributed by atoms with Crippen molar-refractivity contribution < 1.29 is 42.2 Å². The molecule has 64 heavy (non-hydrogen) atoms. The van der Waals surface area contributed by atoms with Crippen LogP contribution in [0, 0.1) is 11.6 Å². The third-order valence-electron chi connectivity index (χ3n) is 10.5. The van der Waals surface area contributed by atoms with Crippen LogP contribution in [0.5, 0.6) is 11.8 Å². The largest absolute Gasteiger partial charge is 0.478 e. The molecule has 6 heterocycles. The van der Waals surface area contributed by atoms with Gasteiger partial charge in [0, 0.05) is 23.3 Å². The summed E-state index contributed by atoms with van der Waals surface area (Å²) in [5, 5.41) is 14.0. The molecule has 0 bridgehead atoms. The van der Waals surface area contributed by atoms with Crippen LogP contribution in [-0.4, -0.2) is 83.0 Å². The van der Waals surface area contributed by atoms with Crippen molar-refractivity contribution in [1.29, 1.82) is 0 Å². The summed E-state index contributed by atoms with van der Waals surface area (Å²) >= 11 is 0. The molecule has 8 rings (SSSR count). The van der Waals surface area contributed by atoms with Gasteiger partial charge in [0.25, 0.3) is 0 Å². The van der Waals surface area contributed by atoms with Gasteiger partial charge >= 0.3 is 5.97 Å². The summed E-state index contributed by atoms with van der Waals surface area (Å²) in [7, 11) is 0. The van der Waals surface area contributed by atoms with E-state index in [0.29, 0.717) is 47.5 Å². The number of ether oxygens (including phenoxy) is 3. The quantitative estimate of drug-likeness (QED) is 0.0820. The number of nitrogens with one attached hydrogen (secondary N) is 2. The number of esters is 1. The zero-order valence-electron chi connectivity index (χ0n) is 35.2. The first kappa shape index (κ1) is 44.0. The number of aromatic nitrogens is 8. The average molecular weight is 880 g/mol. The minimum Gasteiger partial charge on any atom is -0.478 e. The normalized spacial score (nSPS) is 17.1. The number of rotatable bonds is 13. The van der Waals surface area contributed by atoms with E-state index in [4.69, 9.17) is 31.4 Å². The Balaban J connectivity index is 0.000000192. The minimum atomic E-state index is -1.67. The lowest BCUT2D eigenvalue weighted by molar-refractivity contribution is -0.152. The van der Waals surface area contributed by atoms with E-state index in [2.05, 4.69) is 40.8 Å². The van der Waals surface area contributed by atoms with E-state index >= 15 is 0 Å². The number of benzene rings is 2. The predicted molar refractivity (Wildman–Crippen MR) is 226 cm³/mol. The van der Waals surface area contributed by atoms with Crippen LogP contribution in [-0.2, 0) is 47.8 Å². The van der Waals surface area contributed by atoms with Gasteiger partial charge in [0.05, 0.1) is 44.0 Å². The molecule has 8 N–H and O–H groups in total. The summed E-state index contributed by atoms with van der Waals surface area (Å²) in [5.74, 6) is -2.48. The van der Waals surface area contributed by atoms with Gasteiger partial charge in [-0.2, -0.15) is 10.2 Å². The highest BCUT2D eigenvalue weighted by Gasteiger charge is 2.54. The Morgan fingerprint density at radius 2 is 1.09 bits per heavy atom. The van der Waals surface area contributed by atoms with Crippen LogP contribution in [0.3, 0.4) is 0 Å². The fourth-order valence-electron chi connectivity index (χ4n) is 7.10. The van der Waals surface area contributed by atoms with E-state index < -0.39 is 34.5 Å². The third-order valence-corrected chi connectivity index (χ3v) is 10.5. The van der Waals surface area contributed by atoms with Crippen molar-refractivity contribution in [3.8, 4) is 34.8 Å². The lowest BCUT2D eigenvalue weighted by Gasteiger charge is -2.20. The molecule has 0 aliphatic carbocycles. The third kappa shape index (κ3) is 7.84. The zero-order valence-corrected chi connectivity index (χ0v) is 35.2. The molecule has 2 unspecified atom stereocenters. The van der Waals surface area contributed by atoms with Gasteiger partial charge in [0.15, 0.2) is 22.5 Å². The topological polar surface area (TPSA) is 285 Å². The number of nitrogen functional groups attached to an aromatic ring is 2. The molecule has 4 aromatic heterocycles. The lowest BCUT2D eigenvalue weighted by atomic mass is 9.84.